The second kappa shape index (κ2) is 9.42. The fraction of sp³-hybridized carbons (Fsp3) is 0.368. The van der Waals surface area contributed by atoms with E-state index in [4.69, 9.17) is 9.84 Å². The molecular weight excluding hydrogens is 476 g/mol. The van der Waals surface area contributed by atoms with Crippen LogP contribution >= 0.6 is 0 Å². The summed E-state index contributed by atoms with van der Waals surface area (Å²) in [7, 11) is 1.22. The fourth-order valence-corrected chi connectivity index (χ4v) is 3.00. The Morgan fingerprint density at radius 1 is 1.03 bits per heavy atom. The van der Waals surface area contributed by atoms with Gasteiger partial charge in [0.05, 0.1) is 43.7 Å². The highest BCUT2D eigenvalue weighted by Crippen LogP contribution is 2.38. The summed E-state index contributed by atoms with van der Waals surface area (Å²) in [6.45, 7) is -0.320. The summed E-state index contributed by atoms with van der Waals surface area (Å²) in [5.41, 5.74) is -3.77. The number of hydrogen-bond acceptors (Lipinski definition) is 6. The lowest BCUT2D eigenvalue weighted by Crippen LogP contribution is -2.32. The largest absolute Gasteiger partial charge is 0.416 e. The standard InChI is InChI=1S/C19H17F6N5O4/c1-28-16(32)14(30(17(28)33)2-4-34-5-3-31)9-29-10-26-15(27-29)11-6-12(18(20,21)22)8-13(7-11)19(23,24)25/h6-10,31H,2-5H2,1H3/b14-9-. The van der Waals surface area contributed by atoms with Crippen molar-refractivity contribution in [3.63, 3.8) is 0 Å². The van der Waals surface area contributed by atoms with Crippen molar-refractivity contribution in [1.82, 2.24) is 24.6 Å². The highest BCUT2D eigenvalue weighted by molar-refractivity contribution is 6.12. The molecule has 0 unspecified atom stereocenters. The Morgan fingerprint density at radius 2 is 1.65 bits per heavy atom. The van der Waals surface area contributed by atoms with Crippen LogP contribution in [0.1, 0.15) is 11.1 Å². The van der Waals surface area contributed by atoms with Crippen LogP contribution in [0.3, 0.4) is 0 Å². The van der Waals surface area contributed by atoms with E-state index >= 15 is 0 Å². The molecule has 0 aliphatic carbocycles. The number of aliphatic hydroxyl groups excluding tert-OH is 1. The van der Waals surface area contributed by atoms with Gasteiger partial charge in [0, 0.05) is 12.6 Å². The predicted octanol–water partition coefficient (Wildman–Crippen LogP) is 2.68. The van der Waals surface area contributed by atoms with Gasteiger partial charge in [0.1, 0.15) is 12.0 Å². The van der Waals surface area contributed by atoms with Crippen molar-refractivity contribution in [3.8, 4) is 11.4 Å². The third-order valence-electron chi connectivity index (χ3n) is 4.64. The Balaban J connectivity index is 1.95. The molecular formula is C19H17F6N5O4. The molecule has 15 heteroatoms. The summed E-state index contributed by atoms with van der Waals surface area (Å²) >= 11 is 0. The van der Waals surface area contributed by atoms with Crippen molar-refractivity contribution >= 4 is 18.1 Å². The van der Waals surface area contributed by atoms with Crippen LogP contribution in [-0.2, 0) is 21.9 Å². The average Bonchev–Trinajstić information content (AvgIpc) is 3.30. The molecule has 2 heterocycles. The van der Waals surface area contributed by atoms with Gasteiger partial charge >= 0.3 is 18.4 Å². The lowest BCUT2D eigenvalue weighted by atomic mass is 10.0. The number of likely N-dealkylation sites (N-methyl/N-ethyl adjacent to an activating group) is 1. The lowest BCUT2D eigenvalue weighted by molar-refractivity contribution is -0.143. The third-order valence-corrected chi connectivity index (χ3v) is 4.64. The molecule has 2 aromatic rings. The zero-order chi connectivity index (χ0) is 25.3. The first-order chi connectivity index (χ1) is 15.8. The first kappa shape index (κ1) is 25.2. The van der Waals surface area contributed by atoms with Crippen molar-refractivity contribution in [1.29, 1.82) is 0 Å². The third kappa shape index (κ3) is 5.36. The second-order valence-corrected chi connectivity index (χ2v) is 6.99. The topological polar surface area (TPSA) is 101 Å². The summed E-state index contributed by atoms with van der Waals surface area (Å²) < 4.78 is 84.6. The van der Waals surface area contributed by atoms with Crippen molar-refractivity contribution in [2.75, 3.05) is 33.4 Å². The first-order valence-electron chi connectivity index (χ1n) is 9.54. The molecule has 0 saturated carbocycles. The second-order valence-electron chi connectivity index (χ2n) is 6.99. The van der Waals surface area contributed by atoms with Crippen molar-refractivity contribution in [2.45, 2.75) is 12.4 Å². The Morgan fingerprint density at radius 3 is 2.21 bits per heavy atom. The van der Waals surface area contributed by atoms with E-state index in [0.717, 1.165) is 27.0 Å². The fourth-order valence-electron chi connectivity index (χ4n) is 3.00. The zero-order valence-electron chi connectivity index (χ0n) is 17.4. The predicted molar refractivity (Wildman–Crippen MR) is 103 cm³/mol. The molecule has 1 fully saturated rings. The number of carbonyl (C=O) groups is 2. The number of aliphatic hydroxyl groups is 1. The monoisotopic (exact) mass is 493 g/mol. The van der Waals surface area contributed by atoms with E-state index in [1.54, 1.807) is 0 Å². The van der Waals surface area contributed by atoms with Gasteiger partial charge in [-0.1, -0.05) is 0 Å². The molecule has 1 aromatic carbocycles. The average molecular weight is 493 g/mol. The first-order valence-corrected chi connectivity index (χ1v) is 9.54. The summed E-state index contributed by atoms with van der Waals surface area (Å²) in [6, 6.07) is 0.255. The molecule has 1 saturated heterocycles. The van der Waals surface area contributed by atoms with Gasteiger partial charge in [0.25, 0.3) is 5.91 Å². The highest BCUT2D eigenvalue weighted by Gasteiger charge is 2.39. The smallest absolute Gasteiger partial charge is 0.394 e. The van der Waals surface area contributed by atoms with E-state index in [0.29, 0.717) is 12.1 Å². The van der Waals surface area contributed by atoms with Gasteiger partial charge in [-0.2, -0.15) is 26.3 Å². The van der Waals surface area contributed by atoms with E-state index in [-0.39, 0.29) is 38.1 Å². The van der Waals surface area contributed by atoms with Crippen LogP contribution in [0.15, 0.2) is 30.2 Å². The minimum atomic E-state index is -5.04. The number of ether oxygens (including phenoxy) is 1. The maximum atomic E-state index is 13.1. The number of benzene rings is 1. The Kier molecular flexibility index (Phi) is 6.97. The van der Waals surface area contributed by atoms with E-state index < -0.39 is 46.8 Å². The Hall–Kier alpha value is -3.46. The van der Waals surface area contributed by atoms with Gasteiger partial charge in [-0.3, -0.25) is 14.6 Å². The zero-order valence-corrected chi connectivity index (χ0v) is 17.4. The van der Waals surface area contributed by atoms with Crippen LogP contribution in [0.4, 0.5) is 31.1 Å². The van der Waals surface area contributed by atoms with Gasteiger partial charge in [0.2, 0.25) is 0 Å². The van der Waals surface area contributed by atoms with Crippen LogP contribution in [0.2, 0.25) is 0 Å². The van der Waals surface area contributed by atoms with Gasteiger partial charge in [-0.15, -0.1) is 5.10 Å². The minimum absolute atomic E-state index is 0.00814. The van der Waals surface area contributed by atoms with Crippen LogP contribution < -0.4 is 0 Å². The SMILES string of the molecule is CN1C(=O)/C(=C/n2cnc(-c3cc(C(F)(F)F)cc(C(F)(F)F)c3)n2)N(CCOCCO)C1=O. The van der Waals surface area contributed by atoms with E-state index in [1.165, 1.54) is 7.05 Å². The molecule has 0 spiro atoms. The van der Waals surface area contributed by atoms with Gasteiger partial charge in [-0.05, 0) is 18.2 Å². The molecule has 0 radical (unpaired) electrons. The molecule has 34 heavy (non-hydrogen) atoms. The van der Waals surface area contributed by atoms with Crippen molar-refractivity contribution in [3.05, 3.63) is 41.4 Å². The number of urea groups is 1. The number of alkyl halides is 6. The maximum absolute atomic E-state index is 13.1. The minimum Gasteiger partial charge on any atom is -0.394 e. The molecule has 3 amide bonds. The molecule has 1 N–H and O–H groups in total. The van der Waals surface area contributed by atoms with Gasteiger partial charge < -0.3 is 9.84 Å². The number of rotatable bonds is 7. The number of aromatic nitrogens is 3. The number of nitrogens with zero attached hydrogens (tertiary/aromatic N) is 5. The number of hydrogen-bond donors (Lipinski definition) is 1. The summed E-state index contributed by atoms with van der Waals surface area (Å²) in [4.78, 5) is 30.3. The normalized spacial score (nSPS) is 16.3. The van der Waals surface area contributed by atoms with Crippen LogP contribution in [0.25, 0.3) is 17.6 Å². The molecule has 1 aliphatic rings. The number of imide groups is 1. The van der Waals surface area contributed by atoms with E-state index in [9.17, 15) is 35.9 Å². The van der Waals surface area contributed by atoms with Crippen LogP contribution in [-0.4, -0.2) is 75.0 Å². The van der Waals surface area contributed by atoms with Crippen LogP contribution in [0, 0.1) is 0 Å². The summed E-state index contributed by atoms with van der Waals surface area (Å²) in [6.07, 6.45) is -8.06. The highest BCUT2D eigenvalue weighted by atomic mass is 19.4. The molecule has 1 aromatic heterocycles. The molecule has 9 nitrogen and oxygen atoms in total. The molecule has 0 atom stereocenters. The van der Waals surface area contributed by atoms with Gasteiger partial charge in [-0.25, -0.2) is 14.5 Å². The quantitative estimate of drug-likeness (QED) is 0.276. The molecule has 184 valence electrons. The van der Waals surface area contributed by atoms with Gasteiger partial charge in [0.15, 0.2) is 5.82 Å². The molecule has 0 bridgehead atoms. The number of amides is 3. The summed E-state index contributed by atoms with van der Waals surface area (Å²) in [5, 5.41) is 12.6. The lowest BCUT2D eigenvalue weighted by Gasteiger charge is -2.15. The number of carbonyl (C=O) groups excluding carboxylic acids is 2. The maximum Gasteiger partial charge on any atom is 0.416 e. The molecule has 3 rings (SSSR count). The Labute approximate surface area is 187 Å². The van der Waals surface area contributed by atoms with E-state index in [1.807, 2.05) is 0 Å². The van der Waals surface area contributed by atoms with Crippen molar-refractivity contribution in [2.24, 2.45) is 0 Å². The van der Waals surface area contributed by atoms with Crippen molar-refractivity contribution < 1.29 is 45.8 Å². The van der Waals surface area contributed by atoms with Crippen LogP contribution in [0.5, 0.6) is 0 Å². The number of halogens is 6. The summed E-state index contributed by atoms with van der Waals surface area (Å²) in [5.74, 6) is -1.18. The Bertz CT molecular complexity index is 1080. The molecule has 1 aliphatic heterocycles. The van der Waals surface area contributed by atoms with E-state index in [2.05, 4.69) is 10.1 Å².